The molecular formula is C14H12O2. The Hall–Kier alpha value is -1.59. The Kier molecular flexibility index (Phi) is 2.08. The molecule has 2 nitrogen and oxygen atoms in total. The minimum atomic E-state index is -0.742. The zero-order valence-corrected chi connectivity index (χ0v) is 8.90. The second kappa shape index (κ2) is 3.47. The smallest absolute Gasteiger partial charge is 0.213 e. The Morgan fingerprint density at radius 2 is 2.12 bits per heavy atom. The largest absolute Gasteiger partial charge is 0.345 e. The van der Waals surface area contributed by atoms with Gasteiger partial charge in [-0.1, -0.05) is 30.0 Å². The van der Waals surface area contributed by atoms with Crippen LogP contribution in [0.4, 0.5) is 0 Å². The fourth-order valence-electron chi connectivity index (χ4n) is 2.20. The normalized spacial score (nSPS) is 31.2. The van der Waals surface area contributed by atoms with Crippen LogP contribution in [0.5, 0.6) is 0 Å². The van der Waals surface area contributed by atoms with Gasteiger partial charge in [0.05, 0.1) is 0 Å². The van der Waals surface area contributed by atoms with Crippen molar-refractivity contribution in [2.75, 3.05) is 0 Å². The standard InChI is InChI=1S/C14H12O2/c15-12-7-4-8-13-14(12,16-13)10-9-11-5-2-1-3-6-11/h1-3,5-6,13H,4,7-8H2. The van der Waals surface area contributed by atoms with Crippen LogP contribution in [-0.2, 0) is 9.53 Å². The number of carbonyl (C=O) groups is 1. The van der Waals surface area contributed by atoms with Crippen LogP contribution in [0.2, 0.25) is 0 Å². The van der Waals surface area contributed by atoms with E-state index >= 15 is 0 Å². The first-order valence-electron chi connectivity index (χ1n) is 5.61. The Bertz CT molecular complexity index is 480. The van der Waals surface area contributed by atoms with Crippen molar-refractivity contribution in [1.29, 1.82) is 0 Å². The third-order valence-corrected chi connectivity index (χ3v) is 3.18. The number of rotatable bonds is 0. The van der Waals surface area contributed by atoms with Gasteiger partial charge in [-0.05, 0) is 25.0 Å². The molecule has 1 aliphatic carbocycles. The lowest BCUT2D eigenvalue weighted by Gasteiger charge is -2.09. The summed E-state index contributed by atoms with van der Waals surface area (Å²) in [6.45, 7) is 0. The van der Waals surface area contributed by atoms with Gasteiger partial charge in [0, 0.05) is 12.0 Å². The van der Waals surface area contributed by atoms with Crippen LogP contribution in [-0.4, -0.2) is 17.5 Å². The van der Waals surface area contributed by atoms with E-state index in [4.69, 9.17) is 4.74 Å². The maximum atomic E-state index is 11.8. The number of hydrogen-bond donors (Lipinski definition) is 0. The first-order valence-corrected chi connectivity index (χ1v) is 5.61. The number of epoxide rings is 1. The van der Waals surface area contributed by atoms with Gasteiger partial charge >= 0.3 is 0 Å². The lowest BCUT2D eigenvalue weighted by atomic mass is 9.88. The molecule has 16 heavy (non-hydrogen) atoms. The molecule has 1 aromatic rings. The number of hydrogen-bond acceptors (Lipinski definition) is 2. The van der Waals surface area contributed by atoms with E-state index in [1.165, 1.54) is 0 Å². The highest BCUT2D eigenvalue weighted by atomic mass is 16.6. The van der Waals surface area contributed by atoms with Crippen LogP contribution >= 0.6 is 0 Å². The molecule has 0 N–H and O–H groups in total. The molecule has 3 rings (SSSR count). The van der Waals surface area contributed by atoms with E-state index in [1.54, 1.807) is 0 Å². The molecule has 1 saturated heterocycles. The zero-order valence-electron chi connectivity index (χ0n) is 8.90. The summed E-state index contributed by atoms with van der Waals surface area (Å²) in [7, 11) is 0. The summed E-state index contributed by atoms with van der Waals surface area (Å²) in [6, 6.07) is 9.71. The fourth-order valence-corrected chi connectivity index (χ4v) is 2.20. The molecule has 1 aliphatic heterocycles. The van der Waals surface area contributed by atoms with Gasteiger partial charge < -0.3 is 4.74 Å². The second-order valence-electron chi connectivity index (χ2n) is 4.27. The van der Waals surface area contributed by atoms with E-state index in [0.717, 1.165) is 18.4 Å². The van der Waals surface area contributed by atoms with Gasteiger partial charge in [0.2, 0.25) is 5.60 Å². The number of Topliss-reactive ketones (excluding diaryl/α,β-unsaturated/α-hetero) is 1. The fraction of sp³-hybridized carbons (Fsp3) is 0.357. The van der Waals surface area contributed by atoms with Crippen LogP contribution in [0.25, 0.3) is 0 Å². The third-order valence-electron chi connectivity index (χ3n) is 3.18. The lowest BCUT2D eigenvalue weighted by molar-refractivity contribution is -0.122. The molecule has 0 radical (unpaired) electrons. The molecule has 0 bridgehead atoms. The van der Waals surface area contributed by atoms with Crippen LogP contribution in [0, 0.1) is 11.8 Å². The summed E-state index contributed by atoms with van der Waals surface area (Å²) in [4.78, 5) is 11.8. The minimum absolute atomic E-state index is 0.0602. The summed E-state index contributed by atoms with van der Waals surface area (Å²) in [5, 5.41) is 0. The summed E-state index contributed by atoms with van der Waals surface area (Å²) >= 11 is 0. The predicted octanol–water partition coefficient (Wildman–Crippen LogP) is 1.93. The molecule has 1 aromatic carbocycles. The van der Waals surface area contributed by atoms with Gasteiger partial charge in [-0.15, -0.1) is 0 Å². The maximum absolute atomic E-state index is 11.8. The Morgan fingerprint density at radius 3 is 2.88 bits per heavy atom. The summed E-state index contributed by atoms with van der Waals surface area (Å²) < 4.78 is 5.48. The van der Waals surface area contributed by atoms with Crippen molar-refractivity contribution < 1.29 is 9.53 Å². The average molecular weight is 212 g/mol. The molecule has 1 heterocycles. The van der Waals surface area contributed by atoms with E-state index in [1.807, 2.05) is 30.3 Å². The van der Waals surface area contributed by atoms with Crippen LogP contribution in [0.15, 0.2) is 30.3 Å². The predicted molar refractivity (Wildman–Crippen MR) is 59.8 cm³/mol. The van der Waals surface area contributed by atoms with Crippen LogP contribution in [0.3, 0.4) is 0 Å². The summed E-state index contributed by atoms with van der Waals surface area (Å²) in [5.41, 5.74) is 0.193. The van der Waals surface area contributed by atoms with Crippen LogP contribution in [0.1, 0.15) is 24.8 Å². The topological polar surface area (TPSA) is 29.6 Å². The van der Waals surface area contributed by atoms with Gasteiger partial charge in [0.25, 0.3) is 0 Å². The van der Waals surface area contributed by atoms with Crippen molar-refractivity contribution in [1.82, 2.24) is 0 Å². The van der Waals surface area contributed by atoms with Crippen molar-refractivity contribution in [2.24, 2.45) is 0 Å². The molecule has 2 fully saturated rings. The Balaban J connectivity index is 1.86. The van der Waals surface area contributed by atoms with Crippen molar-refractivity contribution in [2.45, 2.75) is 31.0 Å². The van der Waals surface area contributed by atoms with E-state index in [-0.39, 0.29) is 11.9 Å². The van der Waals surface area contributed by atoms with Crippen molar-refractivity contribution in [3.63, 3.8) is 0 Å². The van der Waals surface area contributed by atoms with E-state index in [9.17, 15) is 4.79 Å². The highest BCUT2D eigenvalue weighted by Gasteiger charge is 2.62. The first kappa shape index (κ1) is 9.62. The number of carbonyl (C=O) groups excluding carboxylic acids is 1. The number of ketones is 1. The van der Waals surface area contributed by atoms with E-state index in [0.29, 0.717) is 6.42 Å². The van der Waals surface area contributed by atoms with Gasteiger partial charge in [-0.2, -0.15) is 0 Å². The molecule has 80 valence electrons. The third kappa shape index (κ3) is 1.45. The number of benzene rings is 1. The highest BCUT2D eigenvalue weighted by molar-refractivity contribution is 5.95. The van der Waals surface area contributed by atoms with E-state index < -0.39 is 5.60 Å². The molecule has 2 aliphatic rings. The van der Waals surface area contributed by atoms with Gasteiger partial charge in [0.15, 0.2) is 5.78 Å². The average Bonchev–Trinajstić information content (AvgIpc) is 3.05. The molecule has 0 aromatic heterocycles. The molecule has 2 unspecified atom stereocenters. The van der Waals surface area contributed by atoms with Gasteiger partial charge in [-0.3, -0.25) is 4.79 Å². The van der Waals surface area contributed by atoms with Crippen LogP contribution < -0.4 is 0 Å². The Morgan fingerprint density at radius 1 is 1.31 bits per heavy atom. The Labute approximate surface area is 94.6 Å². The molecule has 2 atom stereocenters. The summed E-state index contributed by atoms with van der Waals surface area (Å²) in [6.07, 6.45) is 2.58. The van der Waals surface area contributed by atoms with Gasteiger partial charge in [0.1, 0.15) is 6.10 Å². The molecular weight excluding hydrogens is 200 g/mol. The first-order chi connectivity index (χ1) is 7.81. The molecule has 0 spiro atoms. The minimum Gasteiger partial charge on any atom is -0.345 e. The second-order valence-corrected chi connectivity index (χ2v) is 4.27. The van der Waals surface area contributed by atoms with Gasteiger partial charge in [-0.25, -0.2) is 0 Å². The molecule has 1 saturated carbocycles. The van der Waals surface area contributed by atoms with Crippen molar-refractivity contribution in [3.8, 4) is 11.8 Å². The SMILES string of the molecule is O=C1CCCC2OC12C#Cc1ccccc1. The number of fused-ring (bicyclic) bond motifs is 1. The van der Waals surface area contributed by atoms with E-state index in [2.05, 4.69) is 11.8 Å². The molecule has 2 heteroatoms. The maximum Gasteiger partial charge on any atom is 0.213 e. The number of ether oxygens (including phenoxy) is 1. The quantitative estimate of drug-likeness (QED) is 0.486. The summed E-state index contributed by atoms with van der Waals surface area (Å²) in [5.74, 6) is 6.21. The highest BCUT2D eigenvalue weighted by Crippen LogP contribution is 2.44. The molecule has 0 amide bonds. The zero-order chi connectivity index (χ0) is 11.0. The van der Waals surface area contributed by atoms with Crippen molar-refractivity contribution >= 4 is 5.78 Å². The van der Waals surface area contributed by atoms with Crippen molar-refractivity contribution in [3.05, 3.63) is 35.9 Å². The monoisotopic (exact) mass is 212 g/mol. The lowest BCUT2D eigenvalue weighted by Crippen LogP contribution is -2.29.